The van der Waals surface area contributed by atoms with Crippen molar-refractivity contribution in [2.24, 2.45) is 0 Å². The summed E-state index contributed by atoms with van der Waals surface area (Å²) in [7, 11) is 0. The average molecular weight is 210 g/mol. The molecule has 1 N–H and O–H groups in total. The summed E-state index contributed by atoms with van der Waals surface area (Å²) >= 11 is 0. The number of aliphatic hydroxyl groups is 1. The Morgan fingerprint density at radius 3 is 2.73 bits per heavy atom. The van der Waals surface area contributed by atoms with Gasteiger partial charge < -0.3 is 5.11 Å². The van der Waals surface area contributed by atoms with Crippen LogP contribution in [0.15, 0.2) is 12.1 Å². The summed E-state index contributed by atoms with van der Waals surface area (Å²) < 4.78 is 26.5. The molecule has 0 saturated heterocycles. The maximum atomic E-state index is 13.4. The third kappa shape index (κ3) is 3.03. The number of benzene rings is 1. The lowest BCUT2D eigenvalue weighted by atomic mass is 10.1. The molecule has 1 aromatic carbocycles. The van der Waals surface area contributed by atoms with Crippen molar-refractivity contribution < 1.29 is 13.9 Å². The van der Waals surface area contributed by atoms with Crippen molar-refractivity contribution >= 4 is 0 Å². The first kappa shape index (κ1) is 11.7. The van der Waals surface area contributed by atoms with Gasteiger partial charge in [0.1, 0.15) is 11.6 Å². The second kappa shape index (κ2) is 5.47. The Hall–Kier alpha value is -1.40. The standard InChI is InChI=1S/C12H12F2O/c1-9-6-7-11(13)10(12(9)14)5-3-2-4-8-15/h6-7,15H,2,4,8H2,1H3. The van der Waals surface area contributed by atoms with Crippen LogP contribution in [-0.2, 0) is 0 Å². The van der Waals surface area contributed by atoms with Crippen LogP contribution in [0.3, 0.4) is 0 Å². The van der Waals surface area contributed by atoms with Crippen LogP contribution >= 0.6 is 0 Å². The molecule has 0 amide bonds. The first-order valence-electron chi connectivity index (χ1n) is 4.71. The van der Waals surface area contributed by atoms with Crippen LogP contribution in [0.4, 0.5) is 8.78 Å². The molecule has 0 aliphatic rings. The lowest BCUT2D eigenvalue weighted by Crippen LogP contribution is -1.93. The van der Waals surface area contributed by atoms with Gasteiger partial charge in [-0.1, -0.05) is 17.9 Å². The highest BCUT2D eigenvalue weighted by atomic mass is 19.1. The maximum absolute atomic E-state index is 13.4. The SMILES string of the molecule is Cc1ccc(F)c(C#CCCCO)c1F. The molecule has 0 spiro atoms. The lowest BCUT2D eigenvalue weighted by Gasteiger charge is -1.99. The fraction of sp³-hybridized carbons (Fsp3) is 0.333. The molecule has 0 aliphatic carbocycles. The zero-order chi connectivity index (χ0) is 11.3. The minimum atomic E-state index is -0.644. The molecule has 0 bridgehead atoms. The molecule has 1 aromatic rings. The normalized spacial score (nSPS) is 9.60. The summed E-state index contributed by atoms with van der Waals surface area (Å²) in [6.45, 7) is 1.60. The van der Waals surface area contributed by atoms with E-state index in [4.69, 9.17) is 5.11 Å². The number of unbranched alkanes of at least 4 members (excludes halogenated alkanes) is 1. The average Bonchev–Trinajstić information content (AvgIpc) is 2.23. The Balaban J connectivity index is 2.92. The molecule has 0 saturated carbocycles. The lowest BCUT2D eigenvalue weighted by molar-refractivity contribution is 0.290. The Kier molecular flexibility index (Phi) is 4.26. The second-order valence-corrected chi connectivity index (χ2v) is 3.18. The Bertz CT molecular complexity index is 402. The van der Waals surface area contributed by atoms with Crippen LogP contribution in [-0.4, -0.2) is 11.7 Å². The van der Waals surface area contributed by atoms with Crippen LogP contribution < -0.4 is 0 Å². The van der Waals surface area contributed by atoms with Gasteiger partial charge in [0.2, 0.25) is 0 Å². The van der Waals surface area contributed by atoms with Crippen molar-refractivity contribution in [2.45, 2.75) is 19.8 Å². The zero-order valence-electron chi connectivity index (χ0n) is 8.48. The van der Waals surface area contributed by atoms with Gasteiger partial charge in [0.15, 0.2) is 0 Å². The molecule has 0 aliphatic heterocycles. The van der Waals surface area contributed by atoms with Gasteiger partial charge >= 0.3 is 0 Å². The number of rotatable bonds is 2. The van der Waals surface area contributed by atoms with Gasteiger partial charge in [0.05, 0.1) is 5.56 Å². The molecule has 80 valence electrons. The summed E-state index contributed by atoms with van der Waals surface area (Å²) in [5.74, 6) is 3.82. The summed E-state index contributed by atoms with van der Waals surface area (Å²) in [6, 6.07) is 2.58. The van der Waals surface area contributed by atoms with E-state index in [9.17, 15) is 8.78 Å². The molecule has 0 fully saturated rings. The van der Waals surface area contributed by atoms with E-state index in [1.807, 2.05) is 0 Å². The van der Waals surface area contributed by atoms with E-state index in [0.717, 1.165) is 0 Å². The quantitative estimate of drug-likeness (QED) is 0.587. The van der Waals surface area contributed by atoms with Gasteiger partial charge in [0, 0.05) is 13.0 Å². The van der Waals surface area contributed by atoms with Gasteiger partial charge in [-0.2, -0.15) is 0 Å². The number of halogens is 2. The molecule has 0 atom stereocenters. The Morgan fingerprint density at radius 2 is 2.07 bits per heavy atom. The van der Waals surface area contributed by atoms with Gasteiger partial charge in [0.25, 0.3) is 0 Å². The van der Waals surface area contributed by atoms with Crippen LogP contribution in [0.1, 0.15) is 24.0 Å². The summed E-state index contributed by atoms with van der Waals surface area (Å²) in [4.78, 5) is 0. The van der Waals surface area contributed by atoms with E-state index in [-0.39, 0.29) is 12.2 Å². The van der Waals surface area contributed by atoms with Crippen molar-refractivity contribution in [3.8, 4) is 11.8 Å². The van der Waals surface area contributed by atoms with E-state index in [1.165, 1.54) is 12.1 Å². The fourth-order valence-electron chi connectivity index (χ4n) is 1.09. The first-order chi connectivity index (χ1) is 7.16. The highest BCUT2D eigenvalue weighted by Crippen LogP contribution is 2.14. The monoisotopic (exact) mass is 210 g/mol. The minimum Gasteiger partial charge on any atom is -0.396 e. The Morgan fingerprint density at radius 1 is 1.33 bits per heavy atom. The van der Waals surface area contributed by atoms with Crippen LogP contribution in [0.5, 0.6) is 0 Å². The molecule has 0 radical (unpaired) electrons. The Labute approximate surface area is 87.7 Å². The van der Waals surface area contributed by atoms with Crippen molar-refractivity contribution in [2.75, 3.05) is 6.61 Å². The zero-order valence-corrected chi connectivity index (χ0v) is 8.48. The molecule has 0 unspecified atom stereocenters. The smallest absolute Gasteiger partial charge is 0.144 e. The predicted molar refractivity (Wildman–Crippen MR) is 54.3 cm³/mol. The van der Waals surface area contributed by atoms with Gasteiger partial charge in [-0.05, 0) is 25.0 Å². The number of hydrogen-bond acceptors (Lipinski definition) is 1. The van der Waals surface area contributed by atoms with Crippen molar-refractivity contribution in [1.82, 2.24) is 0 Å². The van der Waals surface area contributed by atoms with Gasteiger partial charge in [-0.15, -0.1) is 0 Å². The largest absolute Gasteiger partial charge is 0.396 e. The van der Waals surface area contributed by atoms with E-state index in [1.54, 1.807) is 6.92 Å². The molecular formula is C12H12F2O. The van der Waals surface area contributed by atoms with E-state index in [2.05, 4.69) is 11.8 Å². The summed E-state index contributed by atoms with van der Waals surface area (Å²) in [6.07, 6.45) is 0.950. The van der Waals surface area contributed by atoms with Gasteiger partial charge in [-0.3, -0.25) is 0 Å². The molecule has 15 heavy (non-hydrogen) atoms. The fourth-order valence-corrected chi connectivity index (χ4v) is 1.09. The topological polar surface area (TPSA) is 20.2 Å². The van der Waals surface area contributed by atoms with E-state index >= 15 is 0 Å². The van der Waals surface area contributed by atoms with Crippen molar-refractivity contribution in [1.29, 1.82) is 0 Å². The maximum Gasteiger partial charge on any atom is 0.144 e. The number of hydrogen-bond donors (Lipinski definition) is 1. The third-order valence-corrected chi connectivity index (χ3v) is 1.96. The minimum absolute atomic E-state index is 0.0352. The van der Waals surface area contributed by atoms with Crippen LogP contribution in [0.2, 0.25) is 0 Å². The molecule has 3 heteroatoms. The second-order valence-electron chi connectivity index (χ2n) is 3.18. The molecule has 1 rings (SSSR count). The van der Waals surface area contributed by atoms with Crippen LogP contribution in [0, 0.1) is 30.4 Å². The third-order valence-electron chi connectivity index (χ3n) is 1.96. The summed E-state index contributed by atoms with van der Waals surface area (Å²) in [5, 5.41) is 8.50. The molecular weight excluding hydrogens is 198 g/mol. The van der Waals surface area contributed by atoms with E-state index < -0.39 is 11.6 Å². The molecule has 1 nitrogen and oxygen atoms in total. The number of aliphatic hydroxyl groups excluding tert-OH is 1. The highest BCUT2D eigenvalue weighted by molar-refractivity contribution is 5.39. The van der Waals surface area contributed by atoms with Crippen molar-refractivity contribution in [3.63, 3.8) is 0 Å². The van der Waals surface area contributed by atoms with E-state index in [0.29, 0.717) is 18.4 Å². The number of aryl methyl sites for hydroxylation is 1. The van der Waals surface area contributed by atoms with Crippen LogP contribution in [0.25, 0.3) is 0 Å². The highest BCUT2D eigenvalue weighted by Gasteiger charge is 2.08. The summed E-state index contributed by atoms with van der Waals surface area (Å²) in [5.41, 5.74) is 0.191. The molecule has 0 aromatic heterocycles. The predicted octanol–water partition coefficient (Wildman–Crippen LogP) is 2.40. The molecule has 0 heterocycles. The first-order valence-corrected chi connectivity index (χ1v) is 4.71. The van der Waals surface area contributed by atoms with Gasteiger partial charge in [-0.25, -0.2) is 8.78 Å². The van der Waals surface area contributed by atoms with Crippen molar-refractivity contribution in [3.05, 3.63) is 34.9 Å².